The Labute approximate surface area is 346 Å². The van der Waals surface area contributed by atoms with Crippen LogP contribution >= 0.6 is 0 Å². The van der Waals surface area contributed by atoms with E-state index in [1.807, 2.05) is 30.3 Å². The minimum Gasteiger partial charge on any atom is -0.423 e. The lowest BCUT2D eigenvalue weighted by Crippen LogP contribution is -1.95. The third-order valence-electron chi connectivity index (χ3n) is 12.5. The van der Waals surface area contributed by atoms with Gasteiger partial charge in [-0.05, 0) is 118 Å². The normalized spacial score (nSPS) is 12.3. The summed E-state index contributed by atoms with van der Waals surface area (Å²) in [6, 6.07) is 62.3. The number of para-hydroxylation sites is 6. The Kier molecular flexibility index (Phi) is 6.31. The first-order valence-electron chi connectivity index (χ1n) is 20.4. The van der Waals surface area contributed by atoms with Crippen LogP contribution in [0.25, 0.3) is 123 Å². The molecule has 0 fully saturated rings. The summed E-state index contributed by atoms with van der Waals surface area (Å²) in [6.45, 7) is 0. The van der Waals surface area contributed by atoms with Gasteiger partial charge in [0, 0.05) is 7.05 Å². The summed E-state index contributed by atoms with van der Waals surface area (Å²) in [5.74, 6) is 2.38. The summed E-state index contributed by atoms with van der Waals surface area (Å²) >= 11 is 0. The predicted molar refractivity (Wildman–Crippen MR) is 245 cm³/mol. The summed E-state index contributed by atoms with van der Waals surface area (Å²) in [5, 5.41) is 0. The summed E-state index contributed by atoms with van der Waals surface area (Å²) in [6.07, 6.45) is 0. The van der Waals surface area contributed by atoms with Crippen molar-refractivity contribution in [1.82, 2.24) is 37.3 Å². The number of oxazole rings is 1. The van der Waals surface area contributed by atoms with Crippen LogP contribution in [0.1, 0.15) is 0 Å². The number of benzene rings is 8. The first-order valence-corrected chi connectivity index (χ1v) is 20.4. The second kappa shape index (κ2) is 11.8. The molecule has 61 heavy (non-hydrogen) atoms. The lowest BCUT2D eigenvalue weighted by molar-refractivity contribution is 0.643. The van der Waals surface area contributed by atoms with Gasteiger partial charge in [0.05, 0.1) is 66.4 Å². The molecule has 14 rings (SSSR count). The Balaban J connectivity index is 0.863. The molecule has 0 aliphatic heterocycles. The monoisotopic (exact) mass is 784 g/mol. The predicted octanol–water partition coefficient (Wildman–Crippen LogP) is 12.3. The Morgan fingerprint density at radius 3 is 1.67 bits per heavy atom. The van der Waals surface area contributed by atoms with Gasteiger partial charge in [-0.15, -0.1) is 0 Å². The largest absolute Gasteiger partial charge is 0.423 e. The number of fused-ring (bicyclic) bond motifs is 15. The summed E-state index contributed by atoms with van der Waals surface area (Å²) in [5.41, 5.74) is 20.2. The van der Waals surface area contributed by atoms with Gasteiger partial charge in [-0.2, -0.15) is 4.98 Å². The van der Waals surface area contributed by atoms with Crippen molar-refractivity contribution in [2.45, 2.75) is 0 Å². The fourth-order valence-corrected chi connectivity index (χ4v) is 9.63. The lowest BCUT2D eigenvalue weighted by atomic mass is 9.97. The maximum atomic E-state index is 6.12. The van der Waals surface area contributed by atoms with Crippen LogP contribution in [0.15, 0.2) is 180 Å². The van der Waals surface area contributed by atoms with E-state index >= 15 is 0 Å². The molecule has 9 heteroatoms. The van der Waals surface area contributed by atoms with Crippen LogP contribution in [0, 0.1) is 0 Å². The van der Waals surface area contributed by atoms with Crippen LogP contribution < -0.4 is 0 Å². The van der Waals surface area contributed by atoms with Crippen molar-refractivity contribution in [2.24, 2.45) is 7.05 Å². The fourth-order valence-electron chi connectivity index (χ4n) is 9.63. The highest BCUT2D eigenvalue weighted by Crippen LogP contribution is 2.36. The number of imidazole rings is 5. The van der Waals surface area contributed by atoms with Gasteiger partial charge in [-0.1, -0.05) is 91.0 Å². The molecule has 9 nitrogen and oxygen atoms in total. The van der Waals surface area contributed by atoms with Crippen LogP contribution in [0.2, 0.25) is 0 Å². The summed E-state index contributed by atoms with van der Waals surface area (Å²) in [7, 11) is 2.09. The molecule has 0 spiro atoms. The molecule has 6 aromatic heterocycles. The quantitative estimate of drug-likeness (QED) is 0.178. The van der Waals surface area contributed by atoms with E-state index in [9.17, 15) is 0 Å². The molecule has 0 amide bonds. The van der Waals surface area contributed by atoms with E-state index < -0.39 is 0 Å². The molecule has 0 bridgehead atoms. The maximum absolute atomic E-state index is 6.12. The van der Waals surface area contributed by atoms with Crippen molar-refractivity contribution in [3.63, 3.8) is 0 Å². The first kappa shape index (κ1) is 32.5. The summed E-state index contributed by atoms with van der Waals surface area (Å²) in [4.78, 5) is 14.9. The number of hydrogen-bond donors (Lipinski definition) is 0. The van der Waals surface area contributed by atoms with Crippen molar-refractivity contribution >= 4 is 83.7 Å². The van der Waals surface area contributed by atoms with Crippen molar-refractivity contribution in [3.05, 3.63) is 176 Å². The van der Waals surface area contributed by atoms with Crippen molar-refractivity contribution in [1.29, 1.82) is 0 Å². The van der Waals surface area contributed by atoms with Crippen LogP contribution in [-0.2, 0) is 7.05 Å². The maximum Gasteiger partial charge on any atom is 0.307 e. The molecule has 0 N–H and O–H groups in total. The van der Waals surface area contributed by atoms with Crippen molar-refractivity contribution in [2.75, 3.05) is 0 Å². The average molecular weight is 785 g/mol. The topological polar surface area (TPSA) is 74.9 Å². The molecular formula is C52H32N8O. The summed E-state index contributed by atoms with van der Waals surface area (Å²) < 4.78 is 17.2. The highest BCUT2D eigenvalue weighted by atomic mass is 16.4. The molecule has 0 saturated heterocycles. The van der Waals surface area contributed by atoms with Gasteiger partial charge < -0.3 is 8.98 Å². The van der Waals surface area contributed by atoms with Gasteiger partial charge in [-0.3, -0.25) is 17.8 Å². The van der Waals surface area contributed by atoms with Gasteiger partial charge in [0.15, 0.2) is 5.58 Å². The fraction of sp³-hybridized carbons (Fsp3) is 0.0192. The molecule has 14 aromatic rings. The van der Waals surface area contributed by atoms with Gasteiger partial charge in [-0.25, -0.2) is 9.97 Å². The van der Waals surface area contributed by atoms with Gasteiger partial charge in [0.25, 0.3) is 0 Å². The standard InChI is InChI=1S/C52H32N8O/c1-56-43-25-21-35(28-47(43)58-41-13-4-2-11-38(41)53-50(56)58)32-19-17-31(18-20-32)33-9-8-10-34(27-33)36-22-26-44-48(29-36)59-42-14-5-3-12-39(42)54-51(59)57(44)37-23-24-40-46(30-37)60-45-15-6-7-16-49(45)61-52(60)55-40/h2-30H,1H3. The van der Waals surface area contributed by atoms with E-state index in [0.717, 1.165) is 100 Å². The van der Waals surface area contributed by atoms with E-state index in [2.05, 4.69) is 175 Å². The smallest absolute Gasteiger partial charge is 0.307 e. The molecule has 0 atom stereocenters. The number of hydrogen-bond acceptors (Lipinski definition) is 4. The van der Waals surface area contributed by atoms with E-state index in [1.165, 1.54) is 16.7 Å². The van der Waals surface area contributed by atoms with E-state index in [1.54, 1.807) is 0 Å². The Hall–Kier alpha value is -8.43. The third kappa shape index (κ3) is 4.51. The first-order chi connectivity index (χ1) is 30.1. The highest BCUT2D eigenvalue weighted by molar-refractivity contribution is 5.97. The number of aryl methyl sites for hydroxylation is 1. The number of nitrogens with zero attached hydrogens (tertiary/aromatic N) is 8. The van der Waals surface area contributed by atoms with Crippen LogP contribution in [0.3, 0.4) is 0 Å². The minimum atomic E-state index is 0.584. The van der Waals surface area contributed by atoms with Crippen LogP contribution in [-0.4, -0.2) is 37.3 Å². The SMILES string of the molecule is Cn1c2ccc(-c3ccc(-c4cccc(-c5ccc6c(c5)n5c7ccccc7nc5n6-c5ccc6nc7oc8ccccc8n7c6c5)c4)cc3)cc2n2c3ccccc3nc12. The third-order valence-corrected chi connectivity index (χ3v) is 12.5. The molecule has 8 aromatic carbocycles. The van der Waals surface area contributed by atoms with E-state index in [-0.39, 0.29) is 0 Å². The Bertz CT molecular complexity index is 4130. The zero-order valence-electron chi connectivity index (χ0n) is 32.7. The average Bonchev–Trinajstić information content (AvgIpc) is 4.15. The molecule has 0 aliphatic rings. The molecule has 0 aliphatic carbocycles. The van der Waals surface area contributed by atoms with Crippen LogP contribution in [0.4, 0.5) is 0 Å². The van der Waals surface area contributed by atoms with Gasteiger partial charge in [0.1, 0.15) is 0 Å². The van der Waals surface area contributed by atoms with Crippen molar-refractivity contribution < 1.29 is 4.42 Å². The zero-order valence-corrected chi connectivity index (χ0v) is 32.7. The molecule has 0 unspecified atom stereocenters. The second-order valence-electron chi connectivity index (χ2n) is 15.9. The lowest BCUT2D eigenvalue weighted by Gasteiger charge is -2.09. The Morgan fingerprint density at radius 2 is 0.918 bits per heavy atom. The van der Waals surface area contributed by atoms with E-state index in [4.69, 9.17) is 19.4 Å². The highest BCUT2D eigenvalue weighted by Gasteiger charge is 2.21. The minimum absolute atomic E-state index is 0.584. The molecule has 0 radical (unpaired) electrons. The number of rotatable bonds is 4. The number of aromatic nitrogens is 8. The van der Waals surface area contributed by atoms with E-state index in [0.29, 0.717) is 5.84 Å². The molecular weight excluding hydrogens is 753 g/mol. The Morgan fingerprint density at radius 1 is 0.361 bits per heavy atom. The van der Waals surface area contributed by atoms with Crippen LogP contribution in [0.5, 0.6) is 0 Å². The molecule has 286 valence electrons. The van der Waals surface area contributed by atoms with Crippen molar-refractivity contribution in [3.8, 4) is 39.1 Å². The van der Waals surface area contributed by atoms with Gasteiger partial charge >= 0.3 is 5.84 Å². The molecule has 6 heterocycles. The zero-order chi connectivity index (χ0) is 39.9. The molecule has 0 saturated carbocycles. The second-order valence-corrected chi connectivity index (χ2v) is 15.9. The van der Waals surface area contributed by atoms with Gasteiger partial charge in [0.2, 0.25) is 11.6 Å².